The zero-order valence-corrected chi connectivity index (χ0v) is 8.37. The van der Waals surface area contributed by atoms with E-state index in [0.29, 0.717) is 6.61 Å². The Labute approximate surface area is 74.3 Å². The van der Waals surface area contributed by atoms with E-state index >= 15 is 0 Å². The maximum absolute atomic E-state index is 5.18. The molecule has 0 amide bonds. The molecule has 0 spiro atoms. The summed E-state index contributed by atoms with van der Waals surface area (Å²) in [4.78, 5) is 0. The van der Waals surface area contributed by atoms with Gasteiger partial charge in [0, 0.05) is 25.4 Å². The molecule has 1 rings (SSSR count). The fourth-order valence-corrected chi connectivity index (χ4v) is 0.766. The molecule has 0 unspecified atom stereocenters. The second kappa shape index (κ2) is 6.85. The molecule has 0 saturated heterocycles. The van der Waals surface area contributed by atoms with E-state index in [1.165, 1.54) is 0 Å². The summed E-state index contributed by atoms with van der Waals surface area (Å²) in [7, 11) is 1.90. The highest BCUT2D eigenvalue weighted by Gasteiger charge is 1.92. The van der Waals surface area contributed by atoms with Crippen molar-refractivity contribution < 1.29 is 4.74 Å². The molecule has 3 nitrogen and oxygen atoms in total. The van der Waals surface area contributed by atoms with Gasteiger partial charge in [0.1, 0.15) is 0 Å². The molecular formula is C9H18N2O. The van der Waals surface area contributed by atoms with Crippen molar-refractivity contribution >= 4 is 0 Å². The van der Waals surface area contributed by atoms with Crippen LogP contribution in [0.3, 0.4) is 0 Å². The molecule has 0 aliphatic heterocycles. The van der Waals surface area contributed by atoms with E-state index in [0.717, 1.165) is 12.2 Å². The van der Waals surface area contributed by atoms with Crippen LogP contribution >= 0.6 is 0 Å². The Morgan fingerprint density at radius 2 is 2.17 bits per heavy atom. The van der Waals surface area contributed by atoms with Gasteiger partial charge >= 0.3 is 0 Å². The van der Waals surface area contributed by atoms with Crippen molar-refractivity contribution in [2.75, 3.05) is 6.61 Å². The third-order valence-electron chi connectivity index (χ3n) is 1.23. The molecule has 0 bridgehead atoms. The summed E-state index contributed by atoms with van der Waals surface area (Å²) in [6, 6.07) is 0. The summed E-state index contributed by atoms with van der Waals surface area (Å²) in [5.41, 5.74) is 1.13. The summed E-state index contributed by atoms with van der Waals surface area (Å²) in [6.07, 6.45) is 3.77. The Hall–Kier alpha value is -0.830. The van der Waals surface area contributed by atoms with Crippen LogP contribution in [0, 0.1) is 0 Å². The predicted octanol–water partition coefficient (Wildman–Crippen LogP) is 1.98. The van der Waals surface area contributed by atoms with Gasteiger partial charge in [0.15, 0.2) is 0 Å². The quantitative estimate of drug-likeness (QED) is 0.693. The predicted molar refractivity (Wildman–Crippen MR) is 49.9 cm³/mol. The van der Waals surface area contributed by atoms with E-state index in [-0.39, 0.29) is 0 Å². The normalized spacial score (nSPS) is 9.00. The van der Waals surface area contributed by atoms with Crippen LogP contribution in [-0.4, -0.2) is 16.4 Å². The summed E-state index contributed by atoms with van der Waals surface area (Å²) >= 11 is 0. The van der Waals surface area contributed by atoms with E-state index in [4.69, 9.17) is 4.74 Å². The smallest absolute Gasteiger partial charge is 0.0747 e. The first-order valence-electron chi connectivity index (χ1n) is 4.38. The minimum absolute atomic E-state index is 0.671. The molecule has 0 aliphatic rings. The second-order valence-electron chi connectivity index (χ2n) is 2.16. The fourth-order valence-electron chi connectivity index (χ4n) is 0.766. The van der Waals surface area contributed by atoms with Gasteiger partial charge in [0.25, 0.3) is 0 Å². The van der Waals surface area contributed by atoms with Crippen LogP contribution in [0.15, 0.2) is 12.4 Å². The van der Waals surface area contributed by atoms with Gasteiger partial charge in [0.05, 0.1) is 12.8 Å². The zero-order chi connectivity index (χ0) is 9.40. The summed E-state index contributed by atoms with van der Waals surface area (Å²) in [5, 5.41) is 4.01. The minimum Gasteiger partial charge on any atom is -0.377 e. The average Bonchev–Trinajstić information content (AvgIpc) is 2.51. The van der Waals surface area contributed by atoms with Crippen LogP contribution in [0.25, 0.3) is 0 Å². The van der Waals surface area contributed by atoms with Gasteiger partial charge in [-0.3, -0.25) is 4.68 Å². The zero-order valence-electron chi connectivity index (χ0n) is 8.37. The third-order valence-corrected chi connectivity index (χ3v) is 1.23. The van der Waals surface area contributed by atoms with E-state index < -0.39 is 0 Å². The highest BCUT2D eigenvalue weighted by molar-refractivity contribution is 5.01. The first kappa shape index (κ1) is 11.2. The Morgan fingerprint density at radius 3 is 2.58 bits per heavy atom. The highest BCUT2D eigenvalue weighted by atomic mass is 16.5. The fraction of sp³-hybridized carbons (Fsp3) is 0.667. The number of aromatic nitrogens is 2. The lowest BCUT2D eigenvalue weighted by molar-refractivity contribution is 0.134. The van der Waals surface area contributed by atoms with Crippen molar-refractivity contribution in [2.45, 2.75) is 27.4 Å². The molecule has 0 radical (unpaired) electrons. The van der Waals surface area contributed by atoms with Crippen molar-refractivity contribution in [3.8, 4) is 0 Å². The van der Waals surface area contributed by atoms with Crippen molar-refractivity contribution in [2.24, 2.45) is 7.05 Å². The van der Waals surface area contributed by atoms with Crippen LogP contribution in [0.2, 0.25) is 0 Å². The van der Waals surface area contributed by atoms with Crippen LogP contribution in [0.4, 0.5) is 0 Å². The topological polar surface area (TPSA) is 27.1 Å². The molecule has 0 atom stereocenters. The Morgan fingerprint density at radius 1 is 1.50 bits per heavy atom. The van der Waals surface area contributed by atoms with Crippen molar-refractivity contribution in [1.82, 2.24) is 9.78 Å². The summed E-state index contributed by atoms with van der Waals surface area (Å²) in [5.74, 6) is 0. The molecule has 0 aromatic carbocycles. The third kappa shape index (κ3) is 4.13. The molecule has 70 valence electrons. The van der Waals surface area contributed by atoms with Gasteiger partial charge in [-0.2, -0.15) is 5.10 Å². The first-order chi connectivity index (χ1) is 5.83. The van der Waals surface area contributed by atoms with Gasteiger partial charge < -0.3 is 4.74 Å². The molecule has 3 heteroatoms. The lowest BCUT2D eigenvalue weighted by atomic mass is 10.4. The standard InChI is InChI=1S/C7H12N2O.C2H6/c1-3-10-6-7-4-8-9(2)5-7;1-2/h4-5H,3,6H2,1-2H3;1-2H3. The number of ether oxygens (including phenoxy) is 1. The van der Waals surface area contributed by atoms with Crippen molar-refractivity contribution in [1.29, 1.82) is 0 Å². The van der Waals surface area contributed by atoms with Crippen LogP contribution < -0.4 is 0 Å². The molecule has 12 heavy (non-hydrogen) atoms. The average molecular weight is 170 g/mol. The van der Waals surface area contributed by atoms with E-state index in [9.17, 15) is 0 Å². The number of rotatable bonds is 3. The van der Waals surface area contributed by atoms with Gasteiger partial charge in [-0.1, -0.05) is 13.8 Å². The number of aryl methyl sites for hydroxylation is 1. The lowest BCUT2D eigenvalue weighted by Gasteiger charge is -1.94. The molecule has 0 N–H and O–H groups in total. The van der Waals surface area contributed by atoms with Crippen LogP contribution in [0.1, 0.15) is 26.3 Å². The minimum atomic E-state index is 0.671. The van der Waals surface area contributed by atoms with Gasteiger partial charge in [-0.15, -0.1) is 0 Å². The highest BCUT2D eigenvalue weighted by Crippen LogP contribution is 1.97. The van der Waals surface area contributed by atoms with Crippen molar-refractivity contribution in [3.63, 3.8) is 0 Å². The lowest BCUT2D eigenvalue weighted by Crippen LogP contribution is -1.89. The maximum Gasteiger partial charge on any atom is 0.0747 e. The largest absolute Gasteiger partial charge is 0.377 e. The number of nitrogens with zero attached hydrogens (tertiary/aromatic N) is 2. The van der Waals surface area contributed by atoms with Gasteiger partial charge in [-0.25, -0.2) is 0 Å². The number of hydrogen-bond donors (Lipinski definition) is 0. The van der Waals surface area contributed by atoms with E-state index in [2.05, 4.69) is 5.10 Å². The summed E-state index contributed by atoms with van der Waals surface area (Å²) < 4.78 is 6.95. The molecule has 1 aromatic heterocycles. The molecule has 1 heterocycles. The Bertz CT molecular complexity index is 196. The van der Waals surface area contributed by atoms with Gasteiger partial charge in [-0.05, 0) is 6.92 Å². The molecule has 0 saturated carbocycles. The second-order valence-corrected chi connectivity index (χ2v) is 2.16. The Kier molecular flexibility index (Phi) is 6.38. The molecule has 1 aromatic rings. The van der Waals surface area contributed by atoms with E-state index in [1.54, 1.807) is 4.68 Å². The van der Waals surface area contributed by atoms with E-state index in [1.807, 2.05) is 40.2 Å². The number of hydrogen-bond acceptors (Lipinski definition) is 2. The van der Waals surface area contributed by atoms with Crippen LogP contribution in [-0.2, 0) is 18.4 Å². The Balaban J connectivity index is 0.000000561. The van der Waals surface area contributed by atoms with Crippen LogP contribution in [0.5, 0.6) is 0 Å². The summed E-state index contributed by atoms with van der Waals surface area (Å²) in [6.45, 7) is 7.41. The van der Waals surface area contributed by atoms with Crippen molar-refractivity contribution in [3.05, 3.63) is 18.0 Å². The monoisotopic (exact) mass is 170 g/mol. The maximum atomic E-state index is 5.18. The molecule has 0 aliphatic carbocycles. The van der Waals surface area contributed by atoms with Gasteiger partial charge in [0.2, 0.25) is 0 Å². The molecule has 0 fully saturated rings. The SMILES string of the molecule is CC.CCOCc1cnn(C)c1. The first-order valence-corrected chi connectivity index (χ1v) is 4.38. The molecular weight excluding hydrogens is 152 g/mol.